The molecule has 0 amide bonds. The van der Waals surface area contributed by atoms with Crippen LogP contribution < -0.4 is 5.32 Å². The highest BCUT2D eigenvalue weighted by molar-refractivity contribution is 9.10. The fourth-order valence-corrected chi connectivity index (χ4v) is 2.39. The number of fused-ring (bicyclic) bond motifs is 1. The normalized spacial score (nSPS) is 11.0. The Morgan fingerprint density at radius 1 is 1.20 bits per heavy atom. The Kier molecular flexibility index (Phi) is 3.13. The average Bonchev–Trinajstić information content (AvgIpc) is 2.69. The lowest BCUT2D eigenvalue weighted by Crippen LogP contribution is -2.01. The number of pyridine rings is 1. The van der Waals surface area contributed by atoms with E-state index in [-0.39, 0.29) is 0 Å². The van der Waals surface area contributed by atoms with E-state index in [1.165, 1.54) is 0 Å². The number of aryl methyl sites for hydroxylation is 3. The van der Waals surface area contributed by atoms with Gasteiger partial charge in [0.1, 0.15) is 10.4 Å². The number of hydrogen-bond donors (Lipinski definition) is 1. The summed E-state index contributed by atoms with van der Waals surface area (Å²) in [5.74, 6) is 1.23. The van der Waals surface area contributed by atoms with Gasteiger partial charge >= 0.3 is 0 Å². The standard InChI is InChI=1S/C13H13BrN6/c1-7-4-5-10(16-8(7)2)17-13-15-6-9-11(14)19-20(3)12(9)18-13/h4-6H,1-3H3,(H,15,16,17,18). The summed E-state index contributed by atoms with van der Waals surface area (Å²) < 4.78 is 2.45. The van der Waals surface area contributed by atoms with Crippen molar-refractivity contribution in [3.63, 3.8) is 0 Å². The molecule has 0 unspecified atom stereocenters. The summed E-state index contributed by atoms with van der Waals surface area (Å²) in [5, 5.41) is 8.24. The first-order valence-corrected chi connectivity index (χ1v) is 6.90. The number of nitrogens with one attached hydrogen (secondary N) is 1. The van der Waals surface area contributed by atoms with Crippen LogP contribution in [0.15, 0.2) is 22.9 Å². The predicted octanol–water partition coefficient (Wildman–Crippen LogP) is 2.88. The SMILES string of the molecule is Cc1ccc(Nc2ncc3c(Br)nn(C)c3n2)nc1C. The van der Waals surface area contributed by atoms with Crippen LogP contribution in [0, 0.1) is 13.8 Å². The molecule has 0 aliphatic heterocycles. The Labute approximate surface area is 124 Å². The zero-order valence-corrected chi connectivity index (χ0v) is 12.9. The van der Waals surface area contributed by atoms with Crippen molar-refractivity contribution in [3.8, 4) is 0 Å². The molecular formula is C13H13BrN6. The molecule has 0 radical (unpaired) electrons. The summed E-state index contributed by atoms with van der Waals surface area (Å²) in [6.45, 7) is 4.00. The van der Waals surface area contributed by atoms with Crippen LogP contribution in [0.5, 0.6) is 0 Å². The lowest BCUT2D eigenvalue weighted by atomic mass is 10.2. The Morgan fingerprint density at radius 2 is 2.00 bits per heavy atom. The first kappa shape index (κ1) is 13.0. The molecule has 3 rings (SSSR count). The van der Waals surface area contributed by atoms with Crippen LogP contribution >= 0.6 is 15.9 Å². The van der Waals surface area contributed by atoms with Crippen LogP contribution in [0.4, 0.5) is 11.8 Å². The van der Waals surface area contributed by atoms with Crippen molar-refractivity contribution in [2.45, 2.75) is 13.8 Å². The van der Waals surface area contributed by atoms with E-state index in [1.54, 1.807) is 10.9 Å². The molecule has 20 heavy (non-hydrogen) atoms. The summed E-state index contributed by atoms with van der Waals surface area (Å²) >= 11 is 3.38. The molecule has 0 bridgehead atoms. The largest absolute Gasteiger partial charge is 0.309 e. The second-order valence-electron chi connectivity index (χ2n) is 4.57. The summed E-state index contributed by atoms with van der Waals surface area (Å²) in [6.07, 6.45) is 1.74. The smallest absolute Gasteiger partial charge is 0.230 e. The van der Waals surface area contributed by atoms with Crippen molar-refractivity contribution in [2.24, 2.45) is 7.05 Å². The maximum absolute atomic E-state index is 4.45. The Balaban J connectivity index is 1.98. The van der Waals surface area contributed by atoms with Gasteiger partial charge in [0, 0.05) is 18.9 Å². The van der Waals surface area contributed by atoms with Gasteiger partial charge in [0.05, 0.1) is 5.39 Å². The van der Waals surface area contributed by atoms with Crippen LogP contribution in [-0.2, 0) is 7.05 Å². The van der Waals surface area contributed by atoms with E-state index in [2.05, 4.69) is 41.3 Å². The molecule has 102 valence electrons. The number of halogens is 1. The summed E-state index contributed by atoms with van der Waals surface area (Å²) in [6, 6.07) is 3.93. The molecule has 0 aromatic carbocycles. The number of rotatable bonds is 2. The fraction of sp³-hybridized carbons (Fsp3) is 0.231. The van der Waals surface area contributed by atoms with E-state index in [0.717, 1.165) is 32.7 Å². The highest BCUT2D eigenvalue weighted by Gasteiger charge is 2.09. The Morgan fingerprint density at radius 3 is 2.75 bits per heavy atom. The Hall–Kier alpha value is -2.02. The minimum atomic E-state index is 0.503. The lowest BCUT2D eigenvalue weighted by molar-refractivity contribution is 0.778. The van der Waals surface area contributed by atoms with Crippen molar-refractivity contribution in [1.82, 2.24) is 24.7 Å². The highest BCUT2D eigenvalue weighted by Crippen LogP contribution is 2.22. The first-order valence-electron chi connectivity index (χ1n) is 6.11. The Bertz CT molecular complexity index is 795. The van der Waals surface area contributed by atoms with Crippen LogP contribution in [0.25, 0.3) is 11.0 Å². The molecule has 3 aromatic heterocycles. The van der Waals surface area contributed by atoms with Crippen molar-refractivity contribution >= 4 is 38.7 Å². The molecule has 0 spiro atoms. The second kappa shape index (κ2) is 4.82. The molecule has 1 N–H and O–H groups in total. The predicted molar refractivity (Wildman–Crippen MR) is 81.0 cm³/mol. The maximum Gasteiger partial charge on any atom is 0.230 e. The van der Waals surface area contributed by atoms with Crippen LogP contribution in [-0.4, -0.2) is 24.7 Å². The highest BCUT2D eigenvalue weighted by atomic mass is 79.9. The van der Waals surface area contributed by atoms with Gasteiger partial charge in [-0.3, -0.25) is 0 Å². The summed E-state index contributed by atoms with van der Waals surface area (Å²) in [7, 11) is 1.85. The van der Waals surface area contributed by atoms with Gasteiger partial charge in [-0.2, -0.15) is 10.1 Å². The quantitative estimate of drug-likeness (QED) is 0.781. The minimum absolute atomic E-state index is 0.503. The number of nitrogens with zero attached hydrogens (tertiary/aromatic N) is 5. The molecular weight excluding hydrogens is 320 g/mol. The number of hydrogen-bond acceptors (Lipinski definition) is 5. The topological polar surface area (TPSA) is 68.5 Å². The number of aromatic nitrogens is 5. The zero-order valence-electron chi connectivity index (χ0n) is 11.3. The molecule has 0 saturated carbocycles. The van der Waals surface area contributed by atoms with Crippen molar-refractivity contribution < 1.29 is 0 Å². The van der Waals surface area contributed by atoms with Crippen molar-refractivity contribution in [1.29, 1.82) is 0 Å². The molecule has 0 fully saturated rings. The zero-order chi connectivity index (χ0) is 14.3. The van der Waals surface area contributed by atoms with Crippen LogP contribution in [0.3, 0.4) is 0 Å². The molecule has 0 aliphatic carbocycles. The van der Waals surface area contributed by atoms with Gasteiger partial charge in [-0.15, -0.1) is 0 Å². The van der Waals surface area contributed by atoms with E-state index >= 15 is 0 Å². The van der Waals surface area contributed by atoms with E-state index in [1.807, 2.05) is 33.0 Å². The van der Waals surface area contributed by atoms with Crippen LogP contribution in [0.2, 0.25) is 0 Å². The van der Waals surface area contributed by atoms with Gasteiger partial charge in [-0.05, 0) is 41.4 Å². The van der Waals surface area contributed by atoms with Gasteiger partial charge in [0.2, 0.25) is 5.95 Å². The molecule has 0 aliphatic rings. The van der Waals surface area contributed by atoms with Gasteiger partial charge in [-0.25, -0.2) is 14.6 Å². The average molecular weight is 333 g/mol. The monoisotopic (exact) mass is 332 g/mol. The first-order chi connectivity index (χ1) is 9.54. The van der Waals surface area contributed by atoms with E-state index in [4.69, 9.17) is 0 Å². The second-order valence-corrected chi connectivity index (χ2v) is 5.32. The molecule has 6 nitrogen and oxygen atoms in total. The van der Waals surface area contributed by atoms with E-state index in [0.29, 0.717) is 5.95 Å². The van der Waals surface area contributed by atoms with Crippen molar-refractivity contribution in [2.75, 3.05) is 5.32 Å². The van der Waals surface area contributed by atoms with Gasteiger partial charge < -0.3 is 5.32 Å². The van der Waals surface area contributed by atoms with E-state index < -0.39 is 0 Å². The van der Waals surface area contributed by atoms with Gasteiger partial charge in [0.25, 0.3) is 0 Å². The third kappa shape index (κ3) is 2.24. The molecule has 0 saturated heterocycles. The minimum Gasteiger partial charge on any atom is -0.309 e. The molecule has 3 aromatic rings. The fourth-order valence-electron chi connectivity index (χ4n) is 1.87. The molecule has 0 atom stereocenters. The number of anilines is 2. The third-order valence-electron chi connectivity index (χ3n) is 3.13. The maximum atomic E-state index is 4.45. The molecule has 3 heterocycles. The third-order valence-corrected chi connectivity index (χ3v) is 3.71. The van der Waals surface area contributed by atoms with Gasteiger partial charge in [-0.1, -0.05) is 6.07 Å². The molecule has 7 heteroatoms. The van der Waals surface area contributed by atoms with Crippen molar-refractivity contribution in [3.05, 3.63) is 34.2 Å². The van der Waals surface area contributed by atoms with E-state index in [9.17, 15) is 0 Å². The summed E-state index contributed by atoms with van der Waals surface area (Å²) in [5.41, 5.74) is 2.90. The lowest BCUT2D eigenvalue weighted by Gasteiger charge is -2.06. The van der Waals surface area contributed by atoms with Gasteiger partial charge in [0.15, 0.2) is 5.65 Å². The van der Waals surface area contributed by atoms with Crippen LogP contribution in [0.1, 0.15) is 11.3 Å². The summed E-state index contributed by atoms with van der Waals surface area (Å²) in [4.78, 5) is 13.2.